The van der Waals surface area contributed by atoms with Gasteiger partial charge in [-0.3, -0.25) is 0 Å². The highest BCUT2D eigenvalue weighted by Crippen LogP contribution is 2.26. The fourth-order valence-electron chi connectivity index (χ4n) is 2.25. The number of hydrogen-bond donors (Lipinski definition) is 1. The number of rotatable bonds is 6. The third-order valence-corrected chi connectivity index (χ3v) is 4.26. The second kappa shape index (κ2) is 6.68. The molecule has 17 heavy (non-hydrogen) atoms. The second-order valence-corrected chi connectivity index (χ2v) is 5.43. The SMILES string of the molecule is CCC(C)C(C)C(C)CCc1ccc(O)cc1. The van der Waals surface area contributed by atoms with Crippen LogP contribution in [0.1, 0.15) is 46.1 Å². The number of aromatic hydroxyl groups is 1. The van der Waals surface area contributed by atoms with Gasteiger partial charge in [0.1, 0.15) is 5.75 Å². The Morgan fingerprint density at radius 2 is 1.59 bits per heavy atom. The Balaban J connectivity index is 2.42. The topological polar surface area (TPSA) is 20.2 Å². The number of phenols is 1. The largest absolute Gasteiger partial charge is 0.508 e. The van der Waals surface area contributed by atoms with Crippen LogP contribution in [0.2, 0.25) is 0 Å². The van der Waals surface area contributed by atoms with Crippen molar-refractivity contribution in [2.24, 2.45) is 17.8 Å². The molecule has 0 amide bonds. The molecule has 0 aromatic heterocycles. The number of benzene rings is 1. The summed E-state index contributed by atoms with van der Waals surface area (Å²) in [6.07, 6.45) is 3.61. The van der Waals surface area contributed by atoms with Crippen LogP contribution in [0.5, 0.6) is 5.75 Å². The minimum absolute atomic E-state index is 0.356. The Kier molecular flexibility index (Phi) is 5.54. The summed E-state index contributed by atoms with van der Waals surface area (Å²) in [7, 11) is 0. The lowest BCUT2D eigenvalue weighted by atomic mass is 9.81. The van der Waals surface area contributed by atoms with Gasteiger partial charge < -0.3 is 5.11 Å². The molecule has 1 aromatic rings. The van der Waals surface area contributed by atoms with Gasteiger partial charge in [-0.25, -0.2) is 0 Å². The maximum atomic E-state index is 9.23. The molecule has 0 fully saturated rings. The molecule has 0 aliphatic heterocycles. The quantitative estimate of drug-likeness (QED) is 0.760. The van der Waals surface area contributed by atoms with E-state index in [9.17, 15) is 5.11 Å². The van der Waals surface area contributed by atoms with Crippen LogP contribution in [0, 0.1) is 17.8 Å². The molecule has 0 aliphatic carbocycles. The zero-order valence-corrected chi connectivity index (χ0v) is 11.6. The Hall–Kier alpha value is -0.980. The Morgan fingerprint density at radius 1 is 1.00 bits per heavy atom. The fraction of sp³-hybridized carbons (Fsp3) is 0.625. The maximum absolute atomic E-state index is 9.23. The molecular weight excluding hydrogens is 208 g/mol. The molecule has 3 unspecified atom stereocenters. The molecule has 1 heteroatoms. The lowest BCUT2D eigenvalue weighted by Crippen LogP contribution is -2.16. The Morgan fingerprint density at radius 3 is 2.12 bits per heavy atom. The predicted octanol–water partition coefficient (Wildman–Crippen LogP) is 4.64. The van der Waals surface area contributed by atoms with Crippen LogP contribution in [-0.2, 0) is 6.42 Å². The van der Waals surface area contributed by atoms with Gasteiger partial charge in [-0.05, 0) is 48.3 Å². The van der Waals surface area contributed by atoms with Crippen LogP contribution in [0.15, 0.2) is 24.3 Å². The highest BCUT2D eigenvalue weighted by molar-refractivity contribution is 5.25. The first-order valence-corrected chi connectivity index (χ1v) is 6.82. The maximum Gasteiger partial charge on any atom is 0.115 e. The average molecular weight is 234 g/mol. The van der Waals surface area contributed by atoms with Gasteiger partial charge in [-0.1, -0.05) is 46.2 Å². The smallest absolute Gasteiger partial charge is 0.115 e. The third kappa shape index (κ3) is 4.41. The lowest BCUT2D eigenvalue weighted by molar-refractivity contribution is 0.260. The van der Waals surface area contributed by atoms with E-state index in [0.29, 0.717) is 5.75 Å². The molecule has 0 bridgehead atoms. The summed E-state index contributed by atoms with van der Waals surface area (Å²) in [5, 5.41) is 9.23. The summed E-state index contributed by atoms with van der Waals surface area (Å²) >= 11 is 0. The lowest BCUT2D eigenvalue weighted by Gasteiger charge is -2.25. The molecule has 0 aliphatic rings. The van der Waals surface area contributed by atoms with Crippen molar-refractivity contribution in [1.82, 2.24) is 0 Å². The highest BCUT2D eigenvalue weighted by Gasteiger charge is 2.17. The molecule has 1 aromatic carbocycles. The summed E-state index contributed by atoms with van der Waals surface area (Å²) in [5.74, 6) is 2.72. The zero-order chi connectivity index (χ0) is 12.8. The monoisotopic (exact) mass is 234 g/mol. The summed E-state index contributed by atoms with van der Waals surface area (Å²) in [4.78, 5) is 0. The van der Waals surface area contributed by atoms with Crippen LogP contribution >= 0.6 is 0 Å². The minimum atomic E-state index is 0.356. The van der Waals surface area contributed by atoms with Crippen LogP contribution < -0.4 is 0 Å². The van der Waals surface area contributed by atoms with Gasteiger partial charge >= 0.3 is 0 Å². The van der Waals surface area contributed by atoms with Gasteiger partial charge in [0.15, 0.2) is 0 Å². The summed E-state index contributed by atoms with van der Waals surface area (Å²) < 4.78 is 0. The van der Waals surface area contributed by atoms with Gasteiger partial charge in [-0.15, -0.1) is 0 Å². The standard InChI is InChI=1S/C16H26O/c1-5-12(2)14(4)13(3)6-7-15-8-10-16(17)11-9-15/h8-14,17H,5-7H2,1-4H3. The molecule has 96 valence electrons. The van der Waals surface area contributed by atoms with Gasteiger partial charge in [-0.2, -0.15) is 0 Å². The van der Waals surface area contributed by atoms with Crippen molar-refractivity contribution in [3.05, 3.63) is 29.8 Å². The molecule has 1 rings (SSSR count). The van der Waals surface area contributed by atoms with Crippen LogP contribution in [0.3, 0.4) is 0 Å². The van der Waals surface area contributed by atoms with Crippen molar-refractivity contribution in [2.75, 3.05) is 0 Å². The highest BCUT2D eigenvalue weighted by atomic mass is 16.3. The van der Waals surface area contributed by atoms with Crippen molar-refractivity contribution in [3.63, 3.8) is 0 Å². The third-order valence-electron chi connectivity index (χ3n) is 4.26. The summed E-state index contributed by atoms with van der Waals surface area (Å²) in [6, 6.07) is 7.60. The Bertz CT molecular complexity index is 315. The summed E-state index contributed by atoms with van der Waals surface area (Å²) in [6.45, 7) is 9.35. The summed E-state index contributed by atoms with van der Waals surface area (Å²) in [5.41, 5.74) is 1.33. The number of phenolic OH excluding ortho intramolecular Hbond substituents is 1. The minimum Gasteiger partial charge on any atom is -0.508 e. The molecule has 0 saturated carbocycles. The molecule has 0 saturated heterocycles. The van der Waals surface area contributed by atoms with Gasteiger partial charge in [0.2, 0.25) is 0 Å². The molecule has 0 spiro atoms. The molecule has 1 nitrogen and oxygen atoms in total. The first-order chi connectivity index (χ1) is 8.04. The van der Waals surface area contributed by atoms with Crippen molar-refractivity contribution >= 4 is 0 Å². The van der Waals surface area contributed by atoms with E-state index in [1.807, 2.05) is 12.1 Å². The van der Waals surface area contributed by atoms with E-state index in [1.54, 1.807) is 12.1 Å². The predicted molar refractivity (Wildman–Crippen MR) is 74.2 cm³/mol. The van der Waals surface area contributed by atoms with E-state index < -0.39 is 0 Å². The van der Waals surface area contributed by atoms with Crippen LogP contribution in [-0.4, -0.2) is 5.11 Å². The average Bonchev–Trinajstić information content (AvgIpc) is 2.35. The van der Waals surface area contributed by atoms with E-state index in [-0.39, 0.29) is 0 Å². The van der Waals surface area contributed by atoms with Crippen molar-refractivity contribution in [2.45, 2.75) is 47.0 Å². The first-order valence-electron chi connectivity index (χ1n) is 6.82. The van der Waals surface area contributed by atoms with Crippen molar-refractivity contribution < 1.29 is 5.11 Å². The normalized spacial score (nSPS) is 16.5. The van der Waals surface area contributed by atoms with Gasteiger partial charge in [0.25, 0.3) is 0 Å². The van der Waals surface area contributed by atoms with E-state index in [4.69, 9.17) is 0 Å². The number of aryl methyl sites for hydroxylation is 1. The number of hydrogen-bond acceptors (Lipinski definition) is 1. The van der Waals surface area contributed by atoms with Gasteiger partial charge in [0.05, 0.1) is 0 Å². The molecule has 3 atom stereocenters. The van der Waals surface area contributed by atoms with Crippen LogP contribution in [0.4, 0.5) is 0 Å². The molecule has 1 N–H and O–H groups in total. The van der Waals surface area contributed by atoms with Crippen molar-refractivity contribution in [3.8, 4) is 5.75 Å². The fourth-order valence-corrected chi connectivity index (χ4v) is 2.25. The van der Waals surface area contributed by atoms with Crippen molar-refractivity contribution in [1.29, 1.82) is 0 Å². The zero-order valence-electron chi connectivity index (χ0n) is 11.6. The molecule has 0 heterocycles. The molecular formula is C16H26O. The molecule has 0 radical (unpaired) electrons. The first kappa shape index (κ1) is 14.1. The van der Waals surface area contributed by atoms with Gasteiger partial charge in [0, 0.05) is 0 Å². The second-order valence-electron chi connectivity index (χ2n) is 5.43. The van der Waals surface area contributed by atoms with E-state index in [2.05, 4.69) is 27.7 Å². The van der Waals surface area contributed by atoms with E-state index in [0.717, 1.165) is 24.2 Å². The van der Waals surface area contributed by atoms with E-state index >= 15 is 0 Å². The van der Waals surface area contributed by atoms with Crippen LogP contribution in [0.25, 0.3) is 0 Å². The van der Waals surface area contributed by atoms with E-state index in [1.165, 1.54) is 18.4 Å². The Labute approximate surface area is 106 Å².